The number of halogens is 2. The lowest BCUT2D eigenvalue weighted by atomic mass is 10.1. The largest absolute Gasteiger partial charge is 0.306 e. The highest BCUT2D eigenvalue weighted by Crippen LogP contribution is 2.23. The Kier molecular flexibility index (Phi) is 4.84. The molecule has 1 unspecified atom stereocenters. The van der Waals surface area contributed by atoms with Crippen LogP contribution < -0.4 is 4.72 Å². The van der Waals surface area contributed by atoms with Crippen LogP contribution in [0.3, 0.4) is 0 Å². The second-order valence-corrected chi connectivity index (χ2v) is 7.72. The summed E-state index contributed by atoms with van der Waals surface area (Å²) in [7, 11) is -1.58. The molecule has 0 aliphatic carbocycles. The zero-order chi connectivity index (χ0) is 14.0. The number of hydrogen-bond acceptors (Lipinski definition) is 4. The molecule has 1 atom stereocenters. The molecule has 5 nitrogen and oxygen atoms in total. The number of hydrogen-bond donors (Lipinski definition) is 1. The third-order valence-corrected chi connectivity index (χ3v) is 5.40. The normalized spacial score (nSPS) is 20.9. The summed E-state index contributed by atoms with van der Waals surface area (Å²) >= 11 is 9.03. The molecule has 0 radical (unpaired) electrons. The van der Waals surface area contributed by atoms with Crippen molar-refractivity contribution in [3.05, 3.63) is 21.9 Å². The van der Waals surface area contributed by atoms with Gasteiger partial charge in [-0.3, -0.25) is 0 Å². The molecule has 2 rings (SSSR count). The molecule has 1 saturated heterocycles. The Balaban J connectivity index is 2.08. The molecule has 1 aliphatic rings. The van der Waals surface area contributed by atoms with Crippen molar-refractivity contribution in [3.8, 4) is 0 Å². The first-order valence-electron chi connectivity index (χ1n) is 5.88. The minimum Gasteiger partial charge on any atom is -0.306 e. The van der Waals surface area contributed by atoms with Crippen LogP contribution in [-0.2, 0) is 10.0 Å². The van der Waals surface area contributed by atoms with Crippen molar-refractivity contribution in [1.29, 1.82) is 0 Å². The van der Waals surface area contributed by atoms with Crippen LogP contribution in [0.25, 0.3) is 0 Å². The molecule has 2 heterocycles. The molecule has 1 aliphatic heterocycles. The van der Waals surface area contributed by atoms with Gasteiger partial charge in [0.1, 0.15) is 10.0 Å². The van der Waals surface area contributed by atoms with E-state index in [1.165, 1.54) is 12.3 Å². The van der Waals surface area contributed by atoms with Gasteiger partial charge in [0.15, 0.2) is 0 Å². The summed E-state index contributed by atoms with van der Waals surface area (Å²) in [6.07, 6.45) is 2.47. The fourth-order valence-corrected chi connectivity index (χ4v) is 4.15. The van der Waals surface area contributed by atoms with E-state index in [0.29, 0.717) is 16.9 Å². The predicted octanol–water partition coefficient (Wildman–Crippen LogP) is 1.73. The number of likely N-dealkylation sites (tertiary alicyclic amines) is 1. The zero-order valence-corrected chi connectivity index (χ0v) is 13.6. The van der Waals surface area contributed by atoms with Crippen molar-refractivity contribution >= 4 is 37.6 Å². The lowest BCUT2D eigenvalue weighted by Gasteiger charge is -2.12. The highest BCUT2D eigenvalue weighted by molar-refractivity contribution is 9.10. The summed E-state index contributed by atoms with van der Waals surface area (Å²) in [5.74, 6) is 0.346. The molecular formula is C11H15BrClN3O2S. The first-order valence-corrected chi connectivity index (χ1v) is 8.53. The van der Waals surface area contributed by atoms with Crippen molar-refractivity contribution in [2.24, 2.45) is 5.92 Å². The first-order chi connectivity index (χ1) is 8.88. The molecule has 0 spiro atoms. The summed E-state index contributed by atoms with van der Waals surface area (Å²) < 4.78 is 27.5. The fraction of sp³-hybridized carbons (Fsp3) is 0.545. The van der Waals surface area contributed by atoms with Crippen LogP contribution in [0.15, 0.2) is 21.6 Å². The van der Waals surface area contributed by atoms with Crippen LogP contribution in [0.2, 0.25) is 5.15 Å². The standard InChI is InChI=1S/C11H15BrClN3O2S/c1-16-3-2-8(7-16)5-15-19(17,18)10-4-9(12)6-14-11(10)13/h4,6,8,15H,2-3,5,7H2,1H3. The molecule has 19 heavy (non-hydrogen) atoms. The van der Waals surface area contributed by atoms with E-state index in [0.717, 1.165) is 19.5 Å². The van der Waals surface area contributed by atoms with Gasteiger partial charge in [-0.25, -0.2) is 18.1 Å². The van der Waals surface area contributed by atoms with E-state index in [2.05, 4.69) is 30.5 Å². The summed E-state index contributed by atoms with van der Waals surface area (Å²) in [4.78, 5) is 6.02. The summed E-state index contributed by atoms with van der Waals surface area (Å²) in [6, 6.07) is 1.46. The number of nitrogens with one attached hydrogen (secondary N) is 1. The third-order valence-electron chi connectivity index (χ3n) is 3.11. The molecule has 0 amide bonds. The minimum atomic E-state index is -3.61. The molecule has 0 aromatic carbocycles. The molecule has 106 valence electrons. The maximum Gasteiger partial charge on any atom is 0.243 e. The van der Waals surface area contributed by atoms with Gasteiger partial charge in [-0.1, -0.05) is 11.6 Å². The fourth-order valence-electron chi connectivity index (χ4n) is 2.09. The SMILES string of the molecule is CN1CCC(CNS(=O)(=O)c2cc(Br)cnc2Cl)C1. The Hall–Kier alpha value is -0.210. The topological polar surface area (TPSA) is 62.3 Å². The van der Waals surface area contributed by atoms with Crippen LogP contribution in [0, 0.1) is 5.92 Å². The molecule has 1 aromatic heterocycles. The van der Waals surface area contributed by atoms with Crippen LogP contribution in [0.1, 0.15) is 6.42 Å². The Labute approximate surface area is 126 Å². The molecule has 0 bridgehead atoms. The van der Waals surface area contributed by atoms with Gasteiger partial charge in [-0.15, -0.1) is 0 Å². The van der Waals surface area contributed by atoms with Crippen molar-refractivity contribution in [1.82, 2.24) is 14.6 Å². The Morgan fingerprint density at radius 1 is 1.63 bits per heavy atom. The third kappa shape index (κ3) is 3.88. The van der Waals surface area contributed by atoms with Gasteiger partial charge in [0.05, 0.1) is 0 Å². The van der Waals surface area contributed by atoms with E-state index in [9.17, 15) is 8.42 Å². The van der Waals surface area contributed by atoms with E-state index in [1.807, 2.05) is 7.05 Å². The predicted molar refractivity (Wildman–Crippen MR) is 77.7 cm³/mol. The van der Waals surface area contributed by atoms with Gasteiger partial charge in [0.25, 0.3) is 0 Å². The second kappa shape index (κ2) is 6.05. The van der Waals surface area contributed by atoms with Crippen LogP contribution in [0.5, 0.6) is 0 Å². The van der Waals surface area contributed by atoms with E-state index in [-0.39, 0.29) is 10.0 Å². The van der Waals surface area contributed by atoms with E-state index >= 15 is 0 Å². The Bertz CT molecular complexity index is 567. The van der Waals surface area contributed by atoms with Crippen molar-refractivity contribution in [3.63, 3.8) is 0 Å². The summed E-state index contributed by atoms with van der Waals surface area (Å²) in [5.41, 5.74) is 0. The summed E-state index contributed by atoms with van der Waals surface area (Å²) in [5, 5.41) is -0.0146. The van der Waals surface area contributed by atoms with Gasteiger partial charge in [0, 0.05) is 23.8 Å². The average Bonchev–Trinajstić information content (AvgIpc) is 2.76. The maximum atomic E-state index is 12.2. The highest BCUT2D eigenvalue weighted by atomic mass is 79.9. The van der Waals surface area contributed by atoms with E-state index in [4.69, 9.17) is 11.6 Å². The van der Waals surface area contributed by atoms with Gasteiger partial charge >= 0.3 is 0 Å². The number of rotatable bonds is 4. The number of aromatic nitrogens is 1. The first kappa shape index (κ1) is 15.2. The summed E-state index contributed by atoms with van der Waals surface area (Å²) in [6.45, 7) is 2.34. The molecule has 0 saturated carbocycles. The lowest BCUT2D eigenvalue weighted by Crippen LogP contribution is -2.30. The Morgan fingerprint density at radius 3 is 3.00 bits per heavy atom. The minimum absolute atomic E-state index is 0.00916. The van der Waals surface area contributed by atoms with E-state index < -0.39 is 10.0 Å². The molecular weight excluding hydrogens is 354 g/mol. The number of pyridine rings is 1. The number of sulfonamides is 1. The Morgan fingerprint density at radius 2 is 2.37 bits per heavy atom. The molecule has 8 heteroatoms. The zero-order valence-electron chi connectivity index (χ0n) is 10.4. The van der Waals surface area contributed by atoms with E-state index in [1.54, 1.807) is 0 Å². The monoisotopic (exact) mass is 367 g/mol. The molecule has 1 aromatic rings. The van der Waals surface area contributed by atoms with Crippen molar-refractivity contribution < 1.29 is 8.42 Å². The van der Waals surface area contributed by atoms with Crippen LogP contribution in [0.4, 0.5) is 0 Å². The molecule has 1 fully saturated rings. The lowest BCUT2D eigenvalue weighted by molar-refractivity contribution is 0.394. The van der Waals surface area contributed by atoms with Gasteiger partial charge in [0.2, 0.25) is 10.0 Å². The van der Waals surface area contributed by atoms with Crippen LogP contribution in [-0.4, -0.2) is 45.0 Å². The molecule has 1 N–H and O–H groups in total. The quantitative estimate of drug-likeness (QED) is 0.822. The smallest absolute Gasteiger partial charge is 0.243 e. The van der Waals surface area contributed by atoms with Crippen LogP contribution >= 0.6 is 27.5 Å². The highest BCUT2D eigenvalue weighted by Gasteiger charge is 2.24. The van der Waals surface area contributed by atoms with Gasteiger partial charge in [-0.05, 0) is 47.9 Å². The maximum absolute atomic E-state index is 12.2. The van der Waals surface area contributed by atoms with Crippen molar-refractivity contribution in [2.45, 2.75) is 11.3 Å². The second-order valence-electron chi connectivity index (χ2n) is 4.71. The van der Waals surface area contributed by atoms with Gasteiger partial charge < -0.3 is 4.90 Å². The van der Waals surface area contributed by atoms with Gasteiger partial charge in [-0.2, -0.15) is 0 Å². The number of nitrogens with zero attached hydrogens (tertiary/aromatic N) is 2. The van der Waals surface area contributed by atoms with Crippen molar-refractivity contribution in [2.75, 3.05) is 26.7 Å². The average molecular weight is 369 g/mol.